The molecule has 2 heterocycles. The highest BCUT2D eigenvalue weighted by Gasteiger charge is 2.63. The summed E-state index contributed by atoms with van der Waals surface area (Å²) in [6.45, 7) is 14.0. The normalized spacial score (nSPS) is 43.7. The van der Waals surface area contributed by atoms with Gasteiger partial charge in [0.2, 0.25) is 0 Å². The molecule has 0 saturated heterocycles. The first-order valence-electron chi connectivity index (χ1n) is 25.9. The number of hydrogen-bond donors (Lipinski definition) is 5. The zero-order chi connectivity index (χ0) is 48.5. The van der Waals surface area contributed by atoms with Crippen molar-refractivity contribution < 1.29 is 34.5 Å². The Hall–Kier alpha value is -3.56. The number of rotatable bonds is 8. The molecule has 8 fully saturated rings. The number of nitrogens with two attached hydrogens (primary N) is 1. The third-order valence-corrected chi connectivity index (χ3v) is 21.0. The summed E-state index contributed by atoms with van der Waals surface area (Å²) in [6, 6.07) is 0. The second kappa shape index (κ2) is 18.3. The van der Waals surface area contributed by atoms with Crippen LogP contribution in [0.1, 0.15) is 178 Å². The van der Waals surface area contributed by atoms with Crippen molar-refractivity contribution in [2.45, 2.75) is 181 Å². The molecule has 0 aromatic carbocycles. The van der Waals surface area contributed by atoms with Crippen LogP contribution in [0.25, 0.3) is 0 Å². The van der Waals surface area contributed by atoms with Gasteiger partial charge in [0.15, 0.2) is 23.0 Å². The average Bonchev–Trinajstić information content (AvgIpc) is 4.10. The van der Waals surface area contributed by atoms with Crippen molar-refractivity contribution in [1.29, 1.82) is 0 Å². The average molecular weight is 931 g/mol. The van der Waals surface area contributed by atoms with Gasteiger partial charge in [-0.25, -0.2) is 4.79 Å². The highest BCUT2D eigenvalue weighted by molar-refractivity contribution is 5.91. The number of hydrogen-bond acceptors (Lipinski definition) is 11. The molecule has 67 heavy (non-hydrogen) atoms. The second-order valence-corrected chi connectivity index (χ2v) is 24.4. The SMILES string of the molecule is CN.CNC(=O)c1cnn(CC(=O)[C@H]2CC[C@H]3[C@@H]4CC[C@@H]5C[C@](C)(O)CC[C@]5(C)[C@H]4CC[C@]23C)n1.C[C@@]1(O)CC[C@@]2(C)[C@H](CC[C@@H]3[C@@H]2CC[C@]2(C)[C@@H](C(=O)Cn4ncc(C(=O)O)n4)CC[C@@H]32)C1. The lowest BCUT2D eigenvalue weighted by Gasteiger charge is -2.61. The summed E-state index contributed by atoms with van der Waals surface area (Å²) in [5.74, 6) is 4.25. The summed E-state index contributed by atoms with van der Waals surface area (Å²) < 4.78 is 0. The Kier molecular flexibility index (Phi) is 13.6. The summed E-state index contributed by atoms with van der Waals surface area (Å²) in [4.78, 5) is 52.2. The maximum atomic E-state index is 13.4. The van der Waals surface area contributed by atoms with Gasteiger partial charge in [0.1, 0.15) is 13.1 Å². The molecule has 15 heteroatoms. The summed E-state index contributed by atoms with van der Waals surface area (Å²) in [5, 5.41) is 49.3. The van der Waals surface area contributed by atoms with Crippen LogP contribution in [-0.4, -0.2) is 94.0 Å². The maximum Gasteiger partial charge on any atom is 0.358 e. The van der Waals surface area contributed by atoms with Gasteiger partial charge >= 0.3 is 5.97 Å². The Morgan fingerprint density at radius 1 is 0.582 bits per heavy atom. The molecule has 8 aliphatic rings. The fourth-order valence-electron chi connectivity index (χ4n) is 17.5. The van der Waals surface area contributed by atoms with Crippen LogP contribution in [0.15, 0.2) is 12.4 Å². The number of fused-ring (bicyclic) bond motifs is 10. The van der Waals surface area contributed by atoms with E-state index in [2.05, 4.69) is 59.1 Å². The zero-order valence-corrected chi connectivity index (χ0v) is 41.8. The minimum absolute atomic E-state index is 0.00495. The van der Waals surface area contributed by atoms with Crippen molar-refractivity contribution >= 4 is 23.4 Å². The molecule has 16 atom stereocenters. The third kappa shape index (κ3) is 8.86. The number of carboxylic acids is 1. The number of nitrogens with zero attached hydrogens (tertiary/aromatic N) is 6. The monoisotopic (exact) mass is 931 g/mol. The molecular weight excluding hydrogens is 849 g/mol. The summed E-state index contributed by atoms with van der Waals surface area (Å²) in [5.41, 5.74) is 4.35. The maximum absolute atomic E-state index is 13.4. The Bertz CT molecular complexity index is 2170. The largest absolute Gasteiger partial charge is 0.476 e. The van der Waals surface area contributed by atoms with Crippen LogP contribution in [0.5, 0.6) is 0 Å². The summed E-state index contributed by atoms with van der Waals surface area (Å²) >= 11 is 0. The van der Waals surface area contributed by atoms with Gasteiger partial charge in [0.25, 0.3) is 5.91 Å². The first-order valence-corrected chi connectivity index (χ1v) is 25.9. The third-order valence-electron chi connectivity index (χ3n) is 21.0. The zero-order valence-electron chi connectivity index (χ0n) is 41.8. The standard InChI is InChI=1S/C26H40N4O3.C25H37N3O4.CH5N/c1-24(33)11-12-25(2)16(13-24)5-6-17-18-7-8-20(26(18,3)10-9-19(17)25)22(31)15-30-28-14-21(29-30)23(32)27-4;1-23(32)10-11-24(2)15(12-23)4-5-16-17-6-7-19(25(17,3)9-8-18(16)24)21(29)14-28-26-13-20(27-28)22(30)31;1-2/h14,16-20,33H,5-13,15H2,1-4H3,(H,27,32);13,15-19,32H,4-12,14H2,1-3H3,(H,30,31);2H2,1H3/t16-,17+,18+,19+,20-,24-,25+,26+;15-,16+,17+,18+,19-,23-,24+,25+;/m11./s1. The number of carbonyl (C=O) groups excluding carboxylic acids is 3. The van der Waals surface area contributed by atoms with E-state index in [1.807, 2.05) is 13.8 Å². The lowest BCUT2D eigenvalue weighted by Crippen LogP contribution is -2.55. The van der Waals surface area contributed by atoms with E-state index in [4.69, 9.17) is 5.11 Å². The van der Waals surface area contributed by atoms with Crippen LogP contribution >= 0.6 is 0 Å². The lowest BCUT2D eigenvalue weighted by molar-refractivity contribution is -0.151. The molecule has 8 saturated carbocycles. The Morgan fingerprint density at radius 2 is 0.985 bits per heavy atom. The van der Waals surface area contributed by atoms with Crippen LogP contribution in [0.4, 0.5) is 0 Å². The van der Waals surface area contributed by atoms with Crippen molar-refractivity contribution in [3.05, 3.63) is 23.8 Å². The van der Waals surface area contributed by atoms with Crippen LogP contribution < -0.4 is 11.1 Å². The first kappa shape index (κ1) is 49.8. The molecule has 0 bridgehead atoms. The lowest BCUT2D eigenvalue weighted by atomic mass is 9.44. The van der Waals surface area contributed by atoms with E-state index in [1.54, 1.807) is 7.05 Å². The van der Waals surface area contributed by atoms with Crippen molar-refractivity contribution in [2.24, 2.45) is 86.6 Å². The minimum atomic E-state index is -1.12. The van der Waals surface area contributed by atoms with Crippen LogP contribution in [0, 0.1) is 80.8 Å². The van der Waals surface area contributed by atoms with E-state index in [0.29, 0.717) is 52.3 Å². The van der Waals surface area contributed by atoms with Gasteiger partial charge in [-0.05, 0) is 205 Å². The van der Waals surface area contributed by atoms with Gasteiger partial charge in [-0.3, -0.25) is 14.4 Å². The topological polar surface area (TPSA) is 228 Å². The van der Waals surface area contributed by atoms with E-state index in [1.165, 1.54) is 67.6 Å². The van der Waals surface area contributed by atoms with Gasteiger partial charge in [-0.2, -0.15) is 19.8 Å². The number of carbonyl (C=O) groups is 4. The number of ketones is 2. The number of nitrogens with one attached hydrogen (secondary N) is 1. The van der Waals surface area contributed by atoms with Crippen molar-refractivity contribution in [3.63, 3.8) is 0 Å². The summed E-state index contributed by atoms with van der Waals surface area (Å²) in [6.07, 6.45) is 22.2. The molecule has 8 aliphatic carbocycles. The number of amides is 1. The number of aromatic carboxylic acids is 1. The molecule has 0 unspecified atom stereocenters. The van der Waals surface area contributed by atoms with Crippen LogP contribution in [-0.2, 0) is 22.7 Å². The van der Waals surface area contributed by atoms with Crippen molar-refractivity contribution in [3.8, 4) is 0 Å². The highest BCUT2D eigenvalue weighted by atomic mass is 16.4. The Morgan fingerprint density at radius 3 is 1.39 bits per heavy atom. The Labute approximate surface area is 397 Å². The first-order chi connectivity index (χ1) is 31.6. The van der Waals surface area contributed by atoms with Crippen LogP contribution in [0.2, 0.25) is 0 Å². The molecule has 1 amide bonds. The highest BCUT2D eigenvalue weighted by Crippen LogP contribution is 2.70. The fraction of sp³-hybridized carbons (Fsp3) is 0.846. The molecule has 372 valence electrons. The molecular formula is C52H82N8O7. The van der Waals surface area contributed by atoms with Gasteiger partial charge in [0.05, 0.1) is 23.6 Å². The molecule has 6 N–H and O–H groups in total. The predicted octanol–water partition coefficient (Wildman–Crippen LogP) is 7.15. The van der Waals surface area contributed by atoms with Crippen LogP contribution in [0.3, 0.4) is 0 Å². The molecule has 0 aliphatic heterocycles. The van der Waals surface area contributed by atoms with Gasteiger partial charge < -0.3 is 26.4 Å². The van der Waals surface area contributed by atoms with Gasteiger partial charge in [-0.1, -0.05) is 27.7 Å². The van der Waals surface area contributed by atoms with E-state index in [0.717, 1.165) is 83.0 Å². The van der Waals surface area contributed by atoms with Crippen molar-refractivity contribution in [2.75, 3.05) is 14.1 Å². The van der Waals surface area contributed by atoms with E-state index >= 15 is 0 Å². The number of aromatic nitrogens is 6. The smallest absolute Gasteiger partial charge is 0.358 e. The van der Waals surface area contributed by atoms with E-state index in [9.17, 15) is 29.4 Å². The van der Waals surface area contributed by atoms with Gasteiger partial charge in [0, 0.05) is 18.9 Å². The second-order valence-electron chi connectivity index (χ2n) is 24.4. The quantitative estimate of drug-likeness (QED) is 0.178. The van der Waals surface area contributed by atoms with Gasteiger partial charge in [-0.15, -0.1) is 10.2 Å². The summed E-state index contributed by atoms with van der Waals surface area (Å²) in [7, 11) is 3.06. The molecule has 0 radical (unpaired) electrons. The molecule has 2 aromatic heterocycles. The predicted molar refractivity (Wildman–Crippen MR) is 252 cm³/mol. The minimum Gasteiger partial charge on any atom is -0.476 e. The molecule has 0 spiro atoms. The fourth-order valence-corrected chi connectivity index (χ4v) is 17.5. The van der Waals surface area contributed by atoms with Crippen molar-refractivity contribution in [1.82, 2.24) is 35.3 Å². The van der Waals surface area contributed by atoms with E-state index < -0.39 is 17.2 Å². The molecule has 2 aromatic rings. The molecule has 10 rings (SSSR count). The Balaban J connectivity index is 0.000000175. The van der Waals surface area contributed by atoms with E-state index in [-0.39, 0.29) is 64.6 Å². The molecule has 15 nitrogen and oxygen atoms in total. The number of carboxylic acid groups (broad SMARTS) is 1. The number of aliphatic hydroxyl groups is 2. The number of Topliss-reactive ketones (excluding diaryl/α,β-unsaturated/α-hetero) is 2.